The third-order valence-corrected chi connectivity index (χ3v) is 8.74. The topological polar surface area (TPSA) is 339 Å². The Morgan fingerprint density at radius 3 is 1.36 bits per heavy atom. The Labute approximate surface area is 324 Å². The fourth-order valence-electron chi connectivity index (χ4n) is 5.73. The predicted octanol–water partition coefficient (Wildman–Crippen LogP) is -3.10. The smallest absolute Gasteiger partial charge is 0.326 e. The molecular weight excluding hydrogens is 748 g/mol. The molecule has 11 N–H and O–H groups in total. The van der Waals surface area contributed by atoms with E-state index < -0.39 is 66.6 Å². The molecule has 0 radical (unpaired) electrons. The highest BCUT2D eigenvalue weighted by Crippen LogP contribution is 2.05. The summed E-state index contributed by atoms with van der Waals surface area (Å²) in [7, 11) is 0. The van der Waals surface area contributed by atoms with Gasteiger partial charge in [-0.25, -0.2) is 14.4 Å². The minimum absolute atomic E-state index is 0.00850. The Hall–Kier alpha value is -4.68. The largest absolute Gasteiger partial charge is 0.481 e. The number of carboxylic acids is 6. The number of carbonyl (C=O) groups is 8. The van der Waals surface area contributed by atoms with Crippen LogP contribution in [-0.4, -0.2) is 213 Å². The van der Waals surface area contributed by atoms with Gasteiger partial charge in [0.25, 0.3) is 0 Å². The van der Waals surface area contributed by atoms with Crippen LogP contribution in [0.25, 0.3) is 0 Å². The first-order chi connectivity index (χ1) is 26.4. The minimum Gasteiger partial charge on any atom is -0.481 e. The summed E-state index contributed by atoms with van der Waals surface area (Å²) in [5.74, 6) is -7.42. The lowest BCUT2D eigenvalue weighted by molar-refractivity contribution is -0.141. The van der Waals surface area contributed by atoms with Gasteiger partial charge in [0.15, 0.2) is 0 Å². The van der Waals surface area contributed by atoms with Crippen molar-refractivity contribution in [1.82, 2.24) is 40.9 Å². The second kappa shape index (κ2) is 27.8. The molecule has 23 heteroatoms. The second-order valence-corrected chi connectivity index (χ2v) is 13.4. The van der Waals surface area contributed by atoms with Gasteiger partial charge in [0.1, 0.15) is 18.3 Å². The molecule has 1 saturated heterocycles. The number of aliphatic hydroxyl groups is 1. The molecule has 0 spiro atoms. The van der Waals surface area contributed by atoms with Gasteiger partial charge in [-0.3, -0.25) is 48.9 Å². The summed E-state index contributed by atoms with van der Waals surface area (Å²) in [5, 5.41) is 76.0. The first-order valence-electron chi connectivity index (χ1n) is 18.4. The Morgan fingerprint density at radius 1 is 0.500 bits per heavy atom. The third-order valence-electron chi connectivity index (χ3n) is 8.74. The zero-order valence-electron chi connectivity index (χ0n) is 31.5. The molecule has 0 saturated carbocycles. The Balaban J connectivity index is 2.48. The number of carboxylic acid groups (broad SMARTS) is 6. The summed E-state index contributed by atoms with van der Waals surface area (Å²) in [6.07, 6.45) is 0.0468. The van der Waals surface area contributed by atoms with Crippen LogP contribution in [0.3, 0.4) is 0 Å². The van der Waals surface area contributed by atoms with Crippen molar-refractivity contribution in [3.63, 3.8) is 0 Å². The van der Waals surface area contributed by atoms with Crippen molar-refractivity contribution in [2.45, 2.75) is 69.7 Å². The van der Waals surface area contributed by atoms with E-state index in [0.29, 0.717) is 58.4 Å². The molecule has 3 atom stereocenters. The van der Waals surface area contributed by atoms with Gasteiger partial charge in [-0.2, -0.15) is 0 Å². The van der Waals surface area contributed by atoms with Gasteiger partial charge in [-0.05, 0) is 45.1 Å². The standard InChI is InChI=1S/C33H58N8O15/c42-25(34-9-3-1-5-23(31(52)53)36-33(56)37-24(32(54)55)7-8-27(44)45)6-2-4-10-35-26(43)19-38-11-13-39(20-28(46)47)15-17-41(22-30(50)51)18-16-40(14-12-38)21-29(48)49/h23-24,26,35,43H,1-22H2,(H,34,42)(H,44,45)(H,46,47)(H,48,49)(H,50,51)(H,52,53)(H,54,55)(H2,36,37,56). The first-order valence-corrected chi connectivity index (χ1v) is 18.4. The summed E-state index contributed by atoms with van der Waals surface area (Å²) in [4.78, 5) is 99.2. The van der Waals surface area contributed by atoms with Crippen molar-refractivity contribution in [3.05, 3.63) is 0 Å². The molecule has 1 aliphatic heterocycles. The lowest BCUT2D eigenvalue weighted by atomic mass is 10.1. The zero-order chi connectivity index (χ0) is 42.0. The summed E-state index contributed by atoms with van der Waals surface area (Å²) in [6.45, 7) is 2.46. The molecule has 1 heterocycles. The van der Waals surface area contributed by atoms with E-state index in [1.807, 2.05) is 4.90 Å². The van der Waals surface area contributed by atoms with E-state index in [-0.39, 0.29) is 84.1 Å². The van der Waals surface area contributed by atoms with Gasteiger partial charge < -0.3 is 51.7 Å². The van der Waals surface area contributed by atoms with E-state index in [1.165, 1.54) is 0 Å². The fraction of sp³-hybridized carbons (Fsp3) is 0.758. The highest BCUT2D eigenvalue weighted by molar-refractivity contribution is 5.86. The number of aliphatic hydroxyl groups excluding tert-OH is 1. The van der Waals surface area contributed by atoms with Crippen LogP contribution in [0.15, 0.2) is 0 Å². The zero-order valence-corrected chi connectivity index (χ0v) is 31.5. The maximum atomic E-state index is 12.3. The van der Waals surface area contributed by atoms with Gasteiger partial charge >= 0.3 is 41.8 Å². The number of nitrogens with zero attached hydrogens (tertiary/aromatic N) is 4. The summed E-state index contributed by atoms with van der Waals surface area (Å²) in [5.41, 5.74) is 0. The first kappa shape index (κ1) is 49.3. The van der Waals surface area contributed by atoms with Crippen LogP contribution in [0, 0.1) is 0 Å². The molecule has 3 amide bonds. The highest BCUT2D eigenvalue weighted by Gasteiger charge is 2.25. The molecule has 0 aromatic carbocycles. The molecule has 1 aliphatic rings. The maximum Gasteiger partial charge on any atom is 0.326 e. The van der Waals surface area contributed by atoms with E-state index in [2.05, 4.69) is 21.3 Å². The number of unbranched alkanes of at least 4 members (excludes halogenated alkanes) is 2. The number of nitrogens with one attached hydrogen (secondary N) is 4. The molecular formula is C33H58N8O15. The molecule has 1 rings (SSSR count). The number of β-amino-alcohol motifs (C(OH)–C–C–N with tert-alkyl or cyclic N) is 1. The van der Waals surface area contributed by atoms with Crippen LogP contribution in [0.1, 0.15) is 51.4 Å². The molecule has 23 nitrogen and oxygen atoms in total. The summed E-state index contributed by atoms with van der Waals surface area (Å²) < 4.78 is 0. The summed E-state index contributed by atoms with van der Waals surface area (Å²) in [6, 6.07) is -3.92. The molecule has 0 aromatic rings. The van der Waals surface area contributed by atoms with Gasteiger partial charge in [0.05, 0.1) is 19.6 Å². The molecule has 56 heavy (non-hydrogen) atoms. The lowest BCUT2D eigenvalue weighted by Crippen LogP contribution is -2.51. The number of hydrogen-bond donors (Lipinski definition) is 11. The van der Waals surface area contributed by atoms with Crippen LogP contribution in [-0.2, 0) is 33.6 Å². The van der Waals surface area contributed by atoms with E-state index in [0.717, 1.165) is 0 Å². The third kappa shape index (κ3) is 24.7. The average Bonchev–Trinajstić information content (AvgIpc) is 3.09. The molecule has 0 bridgehead atoms. The van der Waals surface area contributed by atoms with Crippen LogP contribution in [0.4, 0.5) is 4.79 Å². The van der Waals surface area contributed by atoms with Crippen molar-refractivity contribution in [2.75, 3.05) is 91.6 Å². The van der Waals surface area contributed by atoms with E-state index >= 15 is 0 Å². The van der Waals surface area contributed by atoms with Crippen molar-refractivity contribution < 1.29 is 74.1 Å². The van der Waals surface area contributed by atoms with Crippen LogP contribution >= 0.6 is 0 Å². The number of amides is 3. The van der Waals surface area contributed by atoms with Crippen LogP contribution in [0.5, 0.6) is 0 Å². The molecule has 3 unspecified atom stereocenters. The van der Waals surface area contributed by atoms with Crippen molar-refractivity contribution >= 4 is 47.8 Å². The predicted molar refractivity (Wildman–Crippen MR) is 195 cm³/mol. The van der Waals surface area contributed by atoms with Gasteiger partial charge in [0.2, 0.25) is 5.91 Å². The lowest BCUT2D eigenvalue weighted by Gasteiger charge is -2.33. The molecule has 1 fully saturated rings. The van der Waals surface area contributed by atoms with Gasteiger partial charge in [-0.1, -0.05) is 0 Å². The fourth-order valence-corrected chi connectivity index (χ4v) is 5.73. The second-order valence-electron chi connectivity index (χ2n) is 13.4. The monoisotopic (exact) mass is 806 g/mol. The van der Waals surface area contributed by atoms with Crippen LogP contribution in [0.2, 0.25) is 0 Å². The average molecular weight is 807 g/mol. The normalized spacial score (nSPS) is 16.9. The van der Waals surface area contributed by atoms with Gasteiger partial charge in [0, 0.05) is 78.3 Å². The van der Waals surface area contributed by atoms with E-state index in [4.69, 9.17) is 10.2 Å². The Kier molecular flexibility index (Phi) is 24.5. The molecule has 320 valence electrons. The van der Waals surface area contributed by atoms with E-state index in [1.54, 1.807) is 14.7 Å². The number of hydrogen-bond acceptors (Lipinski definition) is 14. The quantitative estimate of drug-likeness (QED) is 0.0304. The summed E-state index contributed by atoms with van der Waals surface area (Å²) >= 11 is 0. The molecule has 0 aromatic heterocycles. The number of urea groups is 1. The van der Waals surface area contributed by atoms with Crippen LogP contribution < -0.4 is 21.3 Å². The van der Waals surface area contributed by atoms with Crippen molar-refractivity contribution in [2.24, 2.45) is 0 Å². The number of aliphatic carboxylic acids is 6. The van der Waals surface area contributed by atoms with Crippen molar-refractivity contribution in [3.8, 4) is 0 Å². The molecule has 0 aliphatic carbocycles. The number of carbonyl (C=O) groups excluding carboxylic acids is 2. The Bertz CT molecular complexity index is 1260. The SMILES string of the molecule is O=C(O)CCC(NC(=O)NC(CCCCNC(=O)CCCCNC(O)CN1CCN(CC(=O)O)CCN(CC(=O)O)CCN(CC(=O)O)CC1)C(=O)O)C(=O)O. The van der Waals surface area contributed by atoms with Crippen molar-refractivity contribution in [1.29, 1.82) is 0 Å². The minimum atomic E-state index is -1.52. The van der Waals surface area contributed by atoms with Gasteiger partial charge in [-0.15, -0.1) is 0 Å². The Morgan fingerprint density at radius 2 is 0.929 bits per heavy atom. The highest BCUT2D eigenvalue weighted by atomic mass is 16.4. The maximum absolute atomic E-state index is 12.3. The van der Waals surface area contributed by atoms with E-state index in [9.17, 15) is 63.9 Å². The number of rotatable bonds is 26.